The van der Waals surface area contributed by atoms with Crippen LogP contribution < -0.4 is 10.6 Å². The van der Waals surface area contributed by atoms with E-state index in [0.717, 1.165) is 32.1 Å². The fourth-order valence-electron chi connectivity index (χ4n) is 3.65. The summed E-state index contributed by atoms with van der Waals surface area (Å²) in [5, 5.41) is 6.14. The Morgan fingerprint density at radius 3 is 2.57 bits per heavy atom. The van der Waals surface area contributed by atoms with Crippen molar-refractivity contribution in [2.75, 3.05) is 0 Å². The molecular formula is C19H26N2O2. The number of nitrogens with one attached hydrogen (secondary N) is 2. The molecule has 1 atom stereocenters. The minimum absolute atomic E-state index is 0.00480. The van der Waals surface area contributed by atoms with Gasteiger partial charge in [-0.15, -0.1) is 0 Å². The number of hydrogen-bond acceptors (Lipinski definition) is 2. The van der Waals surface area contributed by atoms with Gasteiger partial charge in [-0.2, -0.15) is 0 Å². The van der Waals surface area contributed by atoms with Gasteiger partial charge in [0.25, 0.3) is 0 Å². The summed E-state index contributed by atoms with van der Waals surface area (Å²) in [7, 11) is 0. The van der Waals surface area contributed by atoms with Gasteiger partial charge < -0.3 is 10.6 Å². The van der Waals surface area contributed by atoms with Gasteiger partial charge in [0, 0.05) is 17.4 Å². The fourth-order valence-corrected chi connectivity index (χ4v) is 3.65. The van der Waals surface area contributed by atoms with Gasteiger partial charge in [0.2, 0.25) is 11.8 Å². The average Bonchev–Trinajstić information content (AvgIpc) is 3.34. The SMILES string of the molecule is CC(C)(c1ccccc1)C1(NC(=O)C2CCCCC(=O)N2)CC1. The van der Waals surface area contributed by atoms with E-state index in [0.29, 0.717) is 6.42 Å². The van der Waals surface area contributed by atoms with Gasteiger partial charge in [0.15, 0.2) is 0 Å². The lowest BCUT2D eigenvalue weighted by Gasteiger charge is -2.37. The molecule has 0 spiro atoms. The van der Waals surface area contributed by atoms with Crippen LogP contribution in [0.5, 0.6) is 0 Å². The van der Waals surface area contributed by atoms with Gasteiger partial charge in [-0.05, 0) is 31.2 Å². The zero-order chi connectivity index (χ0) is 16.5. The Balaban J connectivity index is 1.73. The lowest BCUT2D eigenvalue weighted by atomic mass is 9.75. The predicted octanol–water partition coefficient (Wildman–Crippen LogP) is 2.67. The van der Waals surface area contributed by atoms with E-state index in [2.05, 4.69) is 36.6 Å². The van der Waals surface area contributed by atoms with Crippen LogP contribution in [0.4, 0.5) is 0 Å². The summed E-state index contributed by atoms with van der Waals surface area (Å²) in [5.41, 5.74) is 0.920. The van der Waals surface area contributed by atoms with E-state index in [9.17, 15) is 9.59 Å². The third-order valence-corrected chi connectivity index (χ3v) is 5.60. The van der Waals surface area contributed by atoms with Gasteiger partial charge in [0.1, 0.15) is 6.04 Å². The van der Waals surface area contributed by atoms with E-state index in [1.165, 1.54) is 5.56 Å². The van der Waals surface area contributed by atoms with E-state index in [1.807, 2.05) is 18.2 Å². The first-order chi connectivity index (χ1) is 10.9. The maximum Gasteiger partial charge on any atom is 0.243 e. The Hall–Kier alpha value is -1.84. The Bertz CT molecular complexity index is 591. The molecule has 3 rings (SSSR count). The molecule has 4 nitrogen and oxygen atoms in total. The summed E-state index contributed by atoms with van der Waals surface area (Å²) in [4.78, 5) is 24.4. The van der Waals surface area contributed by atoms with Crippen molar-refractivity contribution in [2.45, 2.75) is 69.4 Å². The van der Waals surface area contributed by atoms with Crippen molar-refractivity contribution in [3.05, 3.63) is 35.9 Å². The summed E-state index contributed by atoms with van der Waals surface area (Å²) >= 11 is 0. The maximum absolute atomic E-state index is 12.7. The van der Waals surface area contributed by atoms with E-state index in [4.69, 9.17) is 0 Å². The average molecular weight is 314 g/mol. The van der Waals surface area contributed by atoms with Crippen LogP contribution in [0, 0.1) is 0 Å². The summed E-state index contributed by atoms with van der Waals surface area (Å²) in [6.07, 6.45) is 5.04. The Morgan fingerprint density at radius 1 is 1.22 bits per heavy atom. The van der Waals surface area contributed by atoms with Crippen molar-refractivity contribution in [3.8, 4) is 0 Å². The molecule has 2 fully saturated rings. The van der Waals surface area contributed by atoms with Crippen LogP contribution in [-0.4, -0.2) is 23.4 Å². The second-order valence-electron chi connectivity index (χ2n) is 7.43. The minimum atomic E-state index is -0.381. The van der Waals surface area contributed by atoms with E-state index >= 15 is 0 Å². The van der Waals surface area contributed by atoms with Gasteiger partial charge in [-0.1, -0.05) is 50.6 Å². The molecular weight excluding hydrogens is 288 g/mol. The number of carbonyl (C=O) groups excluding carboxylic acids is 2. The molecule has 2 N–H and O–H groups in total. The Morgan fingerprint density at radius 2 is 1.91 bits per heavy atom. The zero-order valence-corrected chi connectivity index (χ0v) is 14.0. The first kappa shape index (κ1) is 16.0. The monoisotopic (exact) mass is 314 g/mol. The van der Waals surface area contributed by atoms with Crippen LogP contribution >= 0.6 is 0 Å². The van der Waals surface area contributed by atoms with Crippen LogP contribution in [-0.2, 0) is 15.0 Å². The van der Waals surface area contributed by atoms with Crippen LogP contribution in [0.2, 0.25) is 0 Å². The highest BCUT2D eigenvalue weighted by atomic mass is 16.2. The van der Waals surface area contributed by atoms with Crippen molar-refractivity contribution in [2.24, 2.45) is 0 Å². The molecule has 1 aliphatic carbocycles. The van der Waals surface area contributed by atoms with Crippen LogP contribution in [0.1, 0.15) is 57.9 Å². The first-order valence-corrected chi connectivity index (χ1v) is 8.62. The smallest absolute Gasteiger partial charge is 0.243 e. The highest BCUT2D eigenvalue weighted by Gasteiger charge is 2.56. The summed E-state index contributed by atoms with van der Waals surface area (Å²) in [5.74, 6) is -0.0310. The molecule has 1 aromatic rings. The van der Waals surface area contributed by atoms with Crippen molar-refractivity contribution in [3.63, 3.8) is 0 Å². The van der Waals surface area contributed by atoms with Crippen molar-refractivity contribution in [1.82, 2.24) is 10.6 Å². The molecule has 23 heavy (non-hydrogen) atoms. The number of carbonyl (C=O) groups is 2. The maximum atomic E-state index is 12.7. The van der Waals surface area contributed by atoms with E-state index in [-0.39, 0.29) is 28.8 Å². The van der Waals surface area contributed by atoms with Crippen molar-refractivity contribution in [1.29, 1.82) is 0 Å². The molecule has 1 unspecified atom stereocenters. The highest BCUT2D eigenvalue weighted by Crippen LogP contribution is 2.51. The lowest BCUT2D eigenvalue weighted by Crippen LogP contribution is -2.55. The second kappa shape index (κ2) is 5.99. The molecule has 1 aliphatic heterocycles. The highest BCUT2D eigenvalue weighted by molar-refractivity contribution is 5.88. The molecule has 4 heteroatoms. The van der Waals surface area contributed by atoms with Crippen LogP contribution in [0.25, 0.3) is 0 Å². The number of hydrogen-bond donors (Lipinski definition) is 2. The fraction of sp³-hybridized carbons (Fsp3) is 0.579. The van der Waals surface area contributed by atoms with Crippen molar-refractivity contribution < 1.29 is 9.59 Å². The quantitative estimate of drug-likeness (QED) is 0.897. The largest absolute Gasteiger partial charge is 0.348 e. The predicted molar refractivity (Wildman–Crippen MR) is 90.0 cm³/mol. The van der Waals surface area contributed by atoms with Crippen molar-refractivity contribution >= 4 is 11.8 Å². The van der Waals surface area contributed by atoms with Crippen LogP contribution in [0.3, 0.4) is 0 Å². The summed E-state index contributed by atoms with van der Waals surface area (Å²) in [6.45, 7) is 4.39. The topological polar surface area (TPSA) is 58.2 Å². The van der Waals surface area contributed by atoms with Gasteiger partial charge in [-0.25, -0.2) is 0 Å². The molecule has 124 valence electrons. The first-order valence-electron chi connectivity index (χ1n) is 8.62. The number of rotatable bonds is 4. The third-order valence-electron chi connectivity index (χ3n) is 5.60. The number of amides is 2. The van der Waals surface area contributed by atoms with Crippen LogP contribution in [0.15, 0.2) is 30.3 Å². The molecule has 1 heterocycles. The van der Waals surface area contributed by atoms with Gasteiger partial charge >= 0.3 is 0 Å². The molecule has 1 saturated heterocycles. The summed E-state index contributed by atoms with van der Waals surface area (Å²) < 4.78 is 0. The molecule has 1 aromatic carbocycles. The van der Waals surface area contributed by atoms with E-state index in [1.54, 1.807) is 0 Å². The normalized spacial score (nSPS) is 23.6. The molecule has 0 radical (unpaired) electrons. The van der Waals surface area contributed by atoms with E-state index < -0.39 is 0 Å². The standard InChI is InChI=1S/C19H26N2O2/c1-18(2,14-8-4-3-5-9-14)19(12-13-19)21-17(23)15-10-6-7-11-16(22)20-15/h3-5,8-9,15H,6-7,10-13H2,1-2H3,(H,20,22)(H,21,23). The second-order valence-corrected chi connectivity index (χ2v) is 7.43. The lowest BCUT2D eigenvalue weighted by molar-refractivity contribution is -0.129. The molecule has 2 amide bonds. The molecule has 0 bridgehead atoms. The van der Waals surface area contributed by atoms with Gasteiger partial charge in [0.05, 0.1) is 0 Å². The van der Waals surface area contributed by atoms with Gasteiger partial charge in [-0.3, -0.25) is 9.59 Å². The summed E-state index contributed by atoms with van der Waals surface area (Å²) in [6, 6.07) is 9.97. The molecule has 1 saturated carbocycles. The zero-order valence-electron chi connectivity index (χ0n) is 14.0. The third kappa shape index (κ3) is 3.12. The Labute approximate surface area is 138 Å². The molecule has 2 aliphatic rings. The Kier molecular flexibility index (Phi) is 4.17. The number of benzene rings is 1. The molecule has 0 aromatic heterocycles. The minimum Gasteiger partial charge on any atom is -0.348 e.